The van der Waals surface area contributed by atoms with Crippen LogP contribution in [0, 0.1) is 46.3 Å². The van der Waals surface area contributed by atoms with Gasteiger partial charge in [0.1, 0.15) is 0 Å². The quantitative estimate of drug-likeness (QED) is 0.527. The Bertz CT molecular complexity index is 577. The van der Waals surface area contributed by atoms with Gasteiger partial charge < -0.3 is 5.11 Å². The summed E-state index contributed by atoms with van der Waals surface area (Å²) in [5.41, 5.74) is 2.65. The fourth-order valence-corrected chi connectivity index (χ4v) is 8.56. The highest BCUT2D eigenvalue weighted by Gasteiger charge is 2.61. The number of hydrogen-bond donors (Lipinski definition) is 1. The zero-order chi connectivity index (χ0) is 19.4. The van der Waals surface area contributed by atoms with Gasteiger partial charge in [-0.25, -0.2) is 0 Å². The first kappa shape index (κ1) is 20.0. The number of fused-ring (bicyclic) bond motifs is 5. The van der Waals surface area contributed by atoms with Crippen LogP contribution < -0.4 is 0 Å². The van der Waals surface area contributed by atoms with Crippen LogP contribution in [0.3, 0.4) is 0 Å². The maximum Gasteiger partial charge on any atom is 0.0579 e. The Morgan fingerprint density at radius 2 is 1.85 bits per heavy atom. The molecule has 0 bridgehead atoms. The van der Waals surface area contributed by atoms with Crippen molar-refractivity contribution in [2.24, 2.45) is 46.3 Å². The topological polar surface area (TPSA) is 20.2 Å². The van der Waals surface area contributed by atoms with Crippen LogP contribution in [0.25, 0.3) is 0 Å². The minimum atomic E-state index is -0.0644. The third-order valence-electron chi connectivity index (χ3n) is 9.94. The van der Waals surface area contributed by atoms with E-state index in [9.17, 15) is 5.11 Å². The van der Waals surface area contributed by atoms with Gasteiger partial charge in [0.25, 0.3) is 0 Å². The summed E-state index contributed by atoms with van der Waals surface area (Å²) in [5, 5.41) is 11.2. The minimum Gasteiger partial charge on any atom is -0.393 e. The van der Waals surface area contributed by atoms with Crippen molar-refractivity contribution in [3.63, 3.8) is 0 Å². The van der Waals surface area contributed by atoms with Gasteiger partial charge in [-0.1, -0.05) is 65.5 Å². The van der Waals surface area contributed by atoms with Crippen molar-refractivity contribution in [2.45, 2.75) is 105 Å². The number of rotatable bonds is 4. The molecule has 0 aromatic heterocycles. The third-order valence-corrected chi connectivity index (χ3v) is 9.94. The Hall–Kier alpha value is -0.300. The molecule has 0 amide bonds. The Morgan fingerprint density at radius 1 is 1.07 bits per heavy atom. The van der Waals surface area contributed by atoms with Crippen molar-refractivity contribution >= 4 is 0 Å². The van der Waals surface area contributed by atoms with Crippen molar-refractivity contribution in [3.8, 4) is 0 Å². The molecule has 4 aliphatic rings. The smallest absolute Gasteiger partial charge is 0.0579 e. The summed E-state index contributed by atoms with van der Waals surface area (Å²) in [6, 6.07) is 0. The van der Waals surface area contributed by atoms with Crippen LogP contribution in [0.5, 0.6) is 0 Å². The van der Waals surface area contributed by atoms with Crippen LogP contribution in [0.15, 0.2) is 11.6 Å². The standard InChI is InChI=1S/C26H44O/c1-17(2)9-10-18(3)24-23(27)16-22-20-12-11-19-8-6-7-14-25(19,4)21(20)13-15-26(22,24)5/h11,17-18,20-24,27H,6-10,12-16H2,1-5H3/t18-,20-,21+,22+,23+,24+,25+,26+/m1/s1. The third kappa shape index (κ3) is 3.15. The van der Waals surface area contributed by atoms with Gasteiger partial charge in [0, 0.05) is 0 Å². The van der Waals surface area contributed by atoms with Crippen molar-refractivity contribution < 1.29 is 5.11 Å². The predicted molar refractivity (Wildman–Crippen MR) is 114 cm³/mol. The number of aliphatic hydroxyl groups excluding tert-OH is 1. The molecule has 0 saturated heterocycles. The fraction of sp³-hybridized carbons (Fsp3) is 0.923. The Morgan fingerprint density at radius 3 is 2.59 bits per heavy atom. The van der Waals surface area contributed by atoms with Crippen LogP contribution in [0.1, 0.15) is 98.8 Å². The van der Waals surface area contributed by atoms with Crippen LogP contribution in [-0.2, 0) is 0 Å². The van der Waals surface area contributed by atoms with E-state index in [0.29, 0.717) is 22.7 Å². The zero-order valence-electron chi connectivity index (χ0n) is 18.6. The van der Waals surface area contributed by atoms with E-state index in [1.165, 1.54) is 57.8 Å². The molecule has 0 aromatic rings. The molecule has 1 heteroatoms. The van der Waals surface area contributed by atoms with Crippen molar-refractivity contribution in [2.75, 3.05) is 0 Å². The molecule has 1 N–H and O–H groups in total. The van der Waals surface area contributed by atoms with Gasteiger partial charge in [0.15, 0.2) is 0 Å². The summed E-state index contributed by atoms with van der Waals surface area (Å²) in [6.07, 6.45) is 16.0. The SMILES string of the molecule is CC(C)CC[C@@H](C)[C@H]1[C@@H](O)C[C@H]2[C@@H]3CC=C4CCCC[C@]4(C)[C@H]3CC[C@]12C. The summed E-state index contributed by atoms with van der Waals surface area (Å²) in [4.78, 5) is 0. The van der Waals surface area contributed by atoms with E-state index in [1.54, 1.807) is 5.57 Å². The molecule has 3 fully saturated rings. The average Bonchev–Trinajstić information content (AvgIpc) is 2.89. The van der Waals surface area contributed by atoms with E-state index >= 15 is 0 Å². The van der Waals surface area contributed by atoms with Gasteiger partial charge in [-0.2, -0.15) is 0 Å². The molecular formula is C26H44O. The molecular weight excluding hydrogens is 328 g/mol. The molecule has 0 aromatic carbocycles. The van der Waals surface area contributed by atoms with E-state index in [4.69, 9.17) is 0 Å². The van der Waals surface area contributed by atoms with Gasteiger partial charge in [0.2, 0.25) is 0 Å². The number of allylic oxidation sites excluding steroid dienone is 2. The molecule has 0 heterocycles. The summed E-state index contributed by atoms with van der Waals surface area (Å²) < 4.78 is 0. The highest BCUT2D eigenvalue weighted by Crippen LogP contribution is 2.67. The van der Waals surface area contributed by atoms with Gasteiger partial charge in [-0.05, 0) is 91.3 Å². The van der Waals surface area contributed by atoms with Crippen molar-refractivity contribution in [3.05, 3.63) is 11.6 Å². The maximum absolute atomic E-state index is 11.2. The second kappa shape index (κ2) is 7.19. The molecule has 0 aliphatic heterocycles. The Balaban J connectivity index is 1.58. The molecule has 1 nitrogen and oxygen atoms in total. The molecule has 4 aliphatic carbocycles. The lowest BCUT2D eigenvalue weighted by atomic mass is 9.47. The van der Waals surface area contributed by atoms with Gasteiger partial charge >= 0.3 is 0 Å². The van der Waals surface area contributed by atoms with E-state index in [2.05, 4.69) is 40.7 Å². The summed E-state index contributed by atoms with van der Waals surface area (Å²) in [7, 11) is 0. The van der Waals surface area contributed by atoms with E-state index in [-0.39, 0.29) is 6.10 Å². The summed E-state index contributed by atoms with van der Waals surface area (Å²) in [6.45, 7) is 12.3. The largest absolute Gasteiger partial charge is 0.393 e. The fourth-order valence-electron chi connectivity index (χ4n) is 8.56. The van der Waals surface area contributed by atoms with Crippen LogP contribution >= 0.6 is 0 Å². The van der Waals surface area contributed by atoms with E-state index in [0.717, 1.165) is 30.1 Å². The first-order chi connectivity index (χ1) is 12.8. The molecule has 4 rings (SSSR count). The first-order valence-corrected chi connectivity index (χ1v) is 12.1. The van der Waals surface area contributed by atoms with Crippen molar-refractivity contribution in [1.29, 1.82) is 0 Å². The highest BCUT2D eigenvalue weighted by atomic mass is 16.3. The van der Waals surface area contributed by atoms with Crippen LogP contribution in [-0.4, -0.2) is 11.2 Å². The van der Waals surface area contributed by atoms with E-state index < -0.39 is 0 Å². The lowest BCUT2D eigenvalue weighted by molar-refractivity contribution is -0.0560. The average molecular weight is 373 g/mol. The van der Waals surface area contributed by atoms with Crippen LogP contribution in [0.4, 0.5) is 0 Å². The van der Waals surface area contributed by atoms with Gasteiger partial charge in [-0.3, -0.25) is 0 Å². The number of aliphatic hydroxyl groups is 1. The van der Waals surface area contributed by atoms with E-state index in [1.807, 2.05) is 0 Å². The molecule has 3 saturated carbocycles. The first-order valence-electron chi connectivity index (χ1n) is 12.1. The molecule has 27 heavy (non-hydrogen) atoms. The summed E-state index contributed by atoms with van der Waals surface area (Å²) in [5.74, 6) is 4.41. The predicted octanol–water partition coefficient (Wildman–Crippen LogP) is 7.00. The lowest BCUT2D eigenvalue weighted by Gasteiger charge is -2.58. The lowest BCUT2D eigenvalue weighted by Crippen LogP contribution is -2.50. The zero-order valence-corrected chi connectivity index (χ0v) is 18.6. The monoisotopic (exact) mass is 372 g/mol. The molecule has 8 atom stereocenters. The maximum atomic E-state index is 11.2. The second-order valence-electron chi connectivity index (χ2n) is 11.8. The van der Waals surface area contributed by atoms with Gasteiger partial charge in [0.05, 0.1) is 6.10 Å². The molecule has 0 spiro atoms. The minimum absolute atomic E-state index is 0.0644. The normalized spacial score (nSPS) is 47.8. The van der Waals surface area contributed by atoms with Crippen LogP contribution in [0.2, 0.25) is 0 Å². The number of hydrogen-bond acceptors (Lipinski definition) is 1. The second-order valence-corrected chi connectivity index (χ2v) is 11.8. The Labute approximate surface area is 168 Å². The van der Waals surface area contributed by atoms with Gasteiger partial charge in [-0.15, -0.1) is 0 Å². The van der Waals surface area contributed by atoms with Crippen molar-refractivity contribution in [1.82, 2.24) is 0 Å². The summed E-state index contributed by atoms with van der Waals surface area (Å²) >= 11 is 0. The Kier molecular flexibility index (Phi) is 5.32. The molecule has 0 radical (unpaired) electrons. The highest BCUT2D eigenvalue weighted by molar-refractivity contribution is 5.24. The molecule has 154 valence electrons. The molecule has 0 unspecified atom stereocenters.